The fourth-order valence-corrected chi connectivity index (χ4v) is 6.00. The number of carbonyl (C=O) groups excluding carboxylic acids is 4. The molecule has 5 aliphatic rings. The molecule has 0 spiro atoms. The summed E-state index contributed by atoms with van der Waals surface area (Å²) in [5, 5.41) is 0. The van der Waals surface area contributed by atoms with Crippen LogP contribution in [-0.4, -0.2) is 41.6 Å². The number of benzene rings is 1. The van der Waals surface area contributed by atoms with Crippen LogP contribution in [0.1, 0.15) is 48.0 Å². The number of unbranched alkanes of at least 4 members (excludes halogenated alkanes) is 2. The van der Waals surface area contributed by atoms with Crippen molar-refractivity contribution in [1.29, 1.82) is 0 Å². The third-order valence-electron chi connectivity index (χ3n) is 7.75. The van der Waals surface area contributed by atoms with Gasteiger partial charge in [-0.25, -0.2) is 0 Å². The quantitative estimate of drug-likeness (QED) is 0.195. The van der Waals surface area contributed by atoms with Gasteiger partial charge in [0.15, 0.2) is 12.4 Å². The largest absolute Gasteiger partial charge is 0.457 e. The Hall–Kier alpha value is -2.76. The van der Waals surface area contributed by atoms with Gasteiger partial charge in [-0.2, -0.15) is 0 Å². The molecule has 168 valence electrons. The van der Waals surface area contributed by atoms with E-state index in [1.807, 2.05) is 19.1 Å². The lowest BCUT2D eigenvalue weighted by molar-refractivity contribution is -0.143. The maximum Gasteiger partial charge on any atom is 0.306 e. The molecule has 6 heteroatoms. The predicted octanol–water partition coefficient (Wildman–Crippen LogP) is 3.33. The zero-order valence-electron chi connectivity index (χ0n) is 18.4. The van der Waals surface area contributed by atoms with Crippen molar-refractivity contribution in [2.75, 3.05) is 13.2 Å². The van der Waals surface area contributed by atoms with E-state index >= 15 is 0 Å². The first kappa shape index (κ1) is 21.1. The van der Waals surface area contributed by atoms with E-state index in [1.165, 1.54) is 11.3 Å². The van der Waals surface area contributed by atoms with Crippen molar-refractivity contribution in [3.05, 3.63) is 47.5 Å². The fourth-order valence-electron chi connectivity index (χ4n) is 6.00. The highest BCUT2D eigenvalue weighted by Gasteiger charge is 2.66. The lowest BCUT2D eigenvalue weighted by Gasteiger charge is -2.37. The van der Waals surface area contributed by atoms with Crippen LogP contribution in [0.25, 0.3) is 0 Å². The third kappa shape index (κ3) is 3.70. The molecular formula is C26H29NO5. The van der Waals surface area contributed by atoms with Crippen LogP contribution >= 0.6 is 0 Å². The second kappa shape index (κ2) is 8.30. The number of likely N-dealkylation sites (tertiary alicyclic amines) is 1. The van der Waals surface area contributed by atoms with E-state index in [9.17, 15) is 19.2 Å². The zero-order chi connectivity index (χ0) is 22.4. The number of imide groups is 1. The first-order valence-electron chi connectivity index (χ1n) is 11.7. The average Bonchev–Trinajstić information content (AvgIpc) is 3.57. The summed E-state index contributed by atoms with van der Waals surface area (Å²) in [7, 11) is 0. The number of Topliss-reactive ketones (excluding diaryl/α,β-unsaturated/α-hetero) is 1. The van der Waals surface area contributed by atoms with Crippen molar-refractivity contribution in [3.63, 3.8) is 0 Å². The molecule has 3 fully saturated rings. The number of aryl methyl sites for hydroxylation is 1. The summed E-state index contributed by atoms with van der Waals surface area (Å²) in [6, 6.07) is 7.16. The van der Waals surface area contributed by atoms with Crippen LogP contribution in [0.2, 0.25) is 0 Å². The molecule has 1 aliphatic heterocycles. The van der Waals surface area contributed by atoms with Gasteiger partial charge in [0, 0.05) is 18.5 Å². The zero-order valence-corrected chi connectivity index (χ0v) is 18.4. The summed E-state index contributed by atoms with van der Waals surface area (Å²) >= 11 is 0. The van der Waals surface area contributed by atoms with Gasteiger partial charge < -0.3 is 4.74 Å². The number of allylic oxidation sites excluding steroid dienone is 2. The summed E-state index contributed by atoms with van der Waals surface area (Å²) < 4.78 is 5.10. The highest BCUT2D eigenvalue weighted by molar-refractivity contribution is 6.06. The van der Waals surface area contributed by atoms with Gasteiger partial charge in [-0.05, 0) is 49.9 Å². The summed E-state index contributed by atoms with van der Waals surface area (Å²) in [4.78, 5) is 51.3. The van der Waals surface area contributed by atoms with Gasteiger partial charge in [0.1, 0.15) is 0 Å². The highest BCUT2D eigenvalue weighted by atomic mass is 16.5. The number of rotatable bonds is 9. The molecule has 1 heterocycles. The molecule has 1 aromatic rings. The Balaban J connectivity index is 1.02. The molecule has 0 radical (unpaired) electrons. The van der Waals surface area contributed by atoms with Crippen LogP contribution in [0, 0.1) is 42.4 Å². The van der Waals surface area contributed by atoms with Gasteiger partial charge in [-0.3, -0.25) is 24.1 Å². The summed E-state index contributed by atoms with van der Waals surface area (Å²) in [5.74, 6) is 0.891. The molecule has 2 saturated carbocycles. The van der Waals surface area contributed by atoms with Crippen molar-refractivity contribution in [1.82, 2.24) is 4.90 Å². The molecule has 6 rings (SSSR count). The van der Waals surface area contributed by atoms with E-state index in [-0.39, 0.29) is 54.3 Å². The molecule has 32 heavy (non-hydrogen) atoms. The first-order valence-corrected chi connectivity index (χ1v) is 11.7. The first-order chi connectivity index (χ1) is 15.5. The van der Waals surface area contributed by atoms with Crippen molar-refractivity contribution >= 4 is 23.6 Å². The molecular weight excluding hydrogens is 406 g/mol. The number of hydrogen-bond donors (Lipinski definition) is 0. The third-order valence-corrected chi connectivity index (χ3v) is 7.75. The molecule has 1 saturated heterocycles. The van der Waals surface area contributed by atoms with Crippen LogP contribution in [-0.2, 0) is 19.1 Å². The number of carbonyl (C=O) groups is 4. The minimum Gasteiger partial charge on any atom is -0.457 e. The van der Waals surface area contributed by atoms with Gasteiger partial charge in [-0.15, -0.1) is 0 Å². The Morgan fingerprint density at radius 1 is 0.938 bits per heavy atom. The van der Waals surface area contributed by atoms with Crippen molar-refractivity contribution in [2.24, 2.45) is 35.5 Å². The molecule has 2 amide bonds. The number of hydrogen-bond acceptors (Lipinski definition) is 5. The van der Waals surface area contributed by atoms with E-state index in [4.69, 9.17) is 4.74 Å². The lowest BCUT2D eigenvalue weighted by Crippen LogP contribution is -2.40. The van der Waals surface area contributed by atoms with Crippen LogP contribution in [0.5, 0.6) is 0 Å². The number of ether oxygens (including phenoxy) is 1. The molecule has 0 unspecified atom stereocenters. The van der Waals surface area contributed by atoms with Crippen LogP contribution < -0.4 is 0 Å². The van der Waals surface area contributed by atoms with E-state index in [1.54, 1.807) is 12.1 Å². The Kier molecular flexibility index (Phi) is 5.48. The summed E-state index contributed by atoms with van der Waals surface area (Å²) in [6.45, 7) is 2.13. The molecule has 6 nitrogen and oxygen atoms in total. The second-order valence-corrected chi connectivity index (χ2v) is 9.74. The Bertz CT molecular complexity index is 944. The summed E-state index contributed by atoms with van der Waals surface area (Å²) in [6.07, 6.45) is 7.78. The smallest absolute Gasteiger partial charge is 0.306 e. The van der Waals surface area contributed by atoms with Gasteiger partial charge in [0.05, 0.1) is 11.8 Å². The molecule has 0 aromatic heterocycles. The standard InChI is InChI=1S/C26H29NO5/c1-15-6-8-16(9-7-15)21(28)14-32-22(29)5-3-2-4-12-27-25(30)23-17-10-11-18(20-13-19(17)20)24(23)26(27)31/h6-11,17-20,23-24H,2-5,12-14H2,1H3/t17-,18-,19-,20-,23-,24+/m1/s1. The number of esters is 1. The normalized spacial score (nSPS) is 31.5. The number of amides is 2. The molecule has 4 aliphatic carbocycles. The minimum absolute atomic E-state index is 0.0127. The SMILES string of the molecule is Cc1ccc(C(=O)COC(=O)CCCCCN2C(=O)[C@@H]3[C@@H]4C=C[C@H]([C@H]5C[C@H]45)[C@@H]3C2=O)cc1. The molecule has 6 atom stereocenters. The van der Waals surface area contributed by atoms with Crippen molar-refractivity contribution in [2.45, 2.75) is 39.0 Å². The monoisotopic (exact) mass is 435 g/mol. The highest BCUT2D eigenvalue weighted by Crippen LogP contribution is 2.65. The Morgan fingerprint density at radius 2 is 1.56 bits per heavy atom. The second-order valence-electron chi connectivity index (χ2n) is 9.74. The van der Waals surface area contributed by atoms with E-state index in [2.05, 4.69) is 12.2 Å². The fraction of sp³-hybridized carbons (Fsp3) is 0.538. The van der Waals surface area contributed by atoms with Crippen LogP contribution in [0.4, 0.5) is 0 Å². The van der Waals surface area contributed by atoms with E-state index in [0.29, 0.717) is 36.8 Å². The number of nitrogens with zero attached hydrogens (tertiary/aromatic N) is 1. The van der Waals surface area contributed by atoms with Crippen LogP contribution in [0.15, 0.2) is 36.4 Å². The van der Waals surface area contributed by atoms with Gasteiger partial charge >= 0.3 is 5.97 Å². The molecule has 1 aromatic carbocycles. The van der Waals surface area contributed by atoms with E-state index < -0.39 is 5.97 Å². The lowest BCUT2D eigenvalue weighted by atomic mass is 9.63. The molecule has 0 N–H and O–H groups in total. The maximum absolute atomic E-state index is 12.9. The Morgan fingerprint density at radius 3 is 2.19 bits per heavy atom. The number of ketones is 1. The topological polar surface area (TPSA) is 80.8 Å². The van der Waals surface area contributed by atoms with Crippen molar-refractivity contribution in [3.8, 4) is 0 Å². The van der Waals surface area contributed by atoms with Gasteiger partial charge in [-0.1, -0.05) is 48.4 Å². The Labute approximate surface area is 188 Å². The minimum atomic E-state index is -0.397. The maximum atomic E-state index is 12.9. The van der Waals surface area contributed by atoms with Gasteiger partial charge in [0.2, 0.25) is 11.8 Å². The van der Waals surface area contributed by atoms with Crippen LogP contribution in [0.3, 0.4) is 0 Å². The van der Waals surface area contributed by atoms with Gasteiger partial charge in [0.25, 0.3) is 0 Å². The predicted molar refractivity (Wildman–Crippen MR) is 116 cm³/mol. The molecule has 2 bridgehead atoms. The van der Waals surface area contributed by atoms with Crippen molar-refractivity contribution < 1.29 is 23.9 Å². The average molecular weight is 436 g/mol. The summed E-state index contributed by atoms with van der Waals surface area (Å²) in [5.41, 5.74) is 1.60. The van der Waals surface area contributed by atoms with E-state index in [0.717, 1.165) is 12.0 Å².